The van der Waals surface area contributed by atoms with Gasteiger partial charge in [0.2, 0.25) is 6.29 Å². The molecule has 13 atom stereocenters. The van der Waals surface area contributed by atoms with Crippen molar-refractivity contribution < 1.29 is 83.4 Å². The van der Waals surface area contributed by atoms with Crippen LogP contribution in [0.1, 0.15) is 52.1 Å². The summed E-state index contributed by atoms with van der Waals surface area (Å²) in [5.74, 6) is 0.795. The number of hydrogen-bond acceptors (Lipinski definition) is 16. The third-order valence-electron chi connectivity index (χ3n) is 14.5. The van der Waals surface area contributed by atoms with Crippen LogP contribution >= 0.6 is 0 Å². The van der Waals surface area contributed by atoms with E-state index in [0.717, 1.165) is 16.3 Å². The molecule has 16 nitrogen and oxygen atoms in total. The molecule has 3 unspecified atom stereocenters. The smallest absolute Gasteiger partial charge is 0.497 e. The van der Waals surface area contributed by atoms with Crippen LogP contribution in [-0.2, 0) is 72.0 Å². The van der Waals surface area contributed by atoms with Crippen molar-refractivity contribution in [2.24, 2.45) is 0 Å². The van der Waals surface area contributed by atoms with Gasteiger partial charge >= 0.3 is 15.6 Å². The fourth-order valence-electron chi connectivity index (χ4n) is 10.6. The van der Waals surface area contributed by atoms with Gasteiger partial charge in [-0.05, 0) is 57.8 Å². The van der Waals surface area contributed by atoms with Gasteiger partial charge in [-0.3, -0.25) is 4.18 Å². The van der Waals surface area contributed by atoms with Crippen LogP contribution in [0.25, 0.3) is 10.8 Å². The first-order valence-electron chi connectivity index (χ1n) is 26.0. The van der Waals surface area contributed by atoms with Crippen molar-refractivity contribution in [3.8, 4) is 11.5 Å². The molecule has 4 aliphatic rings. The lowest BCUT2D eigenvalue weighted by molar-refractivity contribution is -0.386. The molecule has 0 saturated carbocycles. The van der Waals surface area contributed by atoms with E-state index in [9.17, 15) is 31.8 Å². The Hall–Kier alpha value is -6.34. The van der Waals surface area contributed by atoms with E-state index in [0.29, 0.717) is 33.6 Å². The molecule has 0 spiro atoms. The van der Waals surface area contributed by atoms with Gasteiger partial charge in [-0.25, -0.2) is 4.90 Å². The molecule has 7 aromatic rings. The van der Waals surface area contributed by atoms with Gasteiger partial charge < -0.3 is 57.6 Å². The standard InChI is InChI=1S/C60H58F3NO15S/c1-69-43-27-29-44(30-28-43)74-58-49(64-55(65)45-23-13-14-24-46(45)56(64)66)52(71-33-38-17-7-3-8-18-38)50(47(75-58)35-70-32-37-15-5-2-6-16-37)78-59-54(79-80(67,68)60(61,62)63)53(72-34-39-25-26-40-19-11-12-22-42(40)31-39)51-48(76-59)36-73-57(77-51)41-20-9-4-10-21-41/h2-31,47-59,65-66H,32-36H2,1H3/t47-,48-,49-,50-,51-,52-,53+,54-,55?,56?,57?,58-,59+/m0/s1. The SMILES string of the molecule is COc1ccc(O[C@H]2O[C@@H](COCc3ccccc3)[C@H](O[C@H]3O[C@H]4COC(c5ccccc5)O[C@@H]4[C@@H](OCc4ccc5ccccc5c4)[C@@H]3OS(=O)(=O)C(F)(F)F)[C@@H](OCc3ccccc3)[C@@H]2N2C(O)c3ccccc3C2O)cc1. The van der Waals surface area contributed by atoms with E-state index in [1.165, 1.54) is 12.0 Å². The Morgan fingerprint density at radius 3 is 1.85 bits per heavy atom. The van der Waals surface area contributed by atoms with Crippen molar-refractivity contribution in [1.29, 1.82) is 0 Å². The zero-order chi connectivity index (χ0) is 55.4. The van der Waals surface area contributed by atoms with Gasteiger partial charge in [-0.1, -0.05) is 152 Å². The molecule has 3 saturated heterocycles. The summed E-state index contributed by atoms with van der Waals surface area (Å²) in [6.45, 7) is -0.886. The first-order chi connectivity index (χ1) is 38.8. The topological polar surface area (TPSA) is 179 Å². The second kappa shape index (κ2) is 24.4. The molecule has 0 amide bonds. The van der Waals surface area contributed by atoms with Crippen LogP contribution in [-0.4, -0.2) is 111 Å². The molecule has 80 heavy (non-hydrogen) atoms. The summed E-state index contributed by atoms with van der Waals surface area (Å²) in [5, 5.41) is 26.4. The van der Waals surface area contributed by atoms with Crippen LogP contribution in [0.15, 0.2) is 182 Å². The van der Waals surface area contributed by atoms with Gasteiger partial charge in [0.1, 0.15) is 66.6 Å². The summed E-state index contributed by atoms with van der Waals surface area (Å²) in [6.07, 6.45) is -18.4. The largest absolute Gasteiger partial charge is 0.523 e. The van der Waals surface area contributed by atoms with E-state index in [-0.39, 0.29) is 38.8 Å². The second-order valence-electron chi connectivity index (χ2n) is 19.7. The van der Waals surface area contributed by atoms with E-state index in [1.807, 2.05) is 84.9 Å². The van der Waals surface area contributed by atoms with Crippen LogP contribution in [0.2, 0.25) is 0 Å². The number of ether oxygens (including phenoxy) is 10. The van der Waals surface area contributed by atoms with Gasteiger partial charge in [0.15, 0.2) is 18.7 Å². The summed E-state index contributed by atoms with van der Waals surface area (Å²) in [6, 6.07) is 52.1. The summed E-state index contributed by atoms with van der Waals surface area (Å²) in [4.78, 5) is 1.34. The molecule has 4 aliphatic heterocycles. The maximum Gasteiger partial charge on any atom is 0.523 e. The van der Waals surface area contributed by atoms with Gasteiger partial charge in [-0.15, -0.1) is 0 Å². The highest BCUT2D eigenvalue weighted by atomic mass is 32.2. The Balaban J connectivity index is 1.03. The highest BCUT2D eigenvalue weighted by Crippen LogP contribution is 2.47. The first-order valence-corrected chi connectivity index (χ1v) is 27.4. The van der Waals surface area contributed by atoms with Crippen molar-refractivity contribution >= 4 is 20.9 Å². The lowest BCUT2D eigenvalue weighted by Gasteiger charge is -2.53. The number of aliphatic hydroxyl groups excluding tert-OH is 2. The summed E-state index contributed by atoms with van der Waals surface area (Å²) in [5.41, 5.74) is -2.60. The van der Waals surface area contributed by atoms with Crippen molar-refractivity contribution in [1.82, 2.24) is 4.90 Å². The minimum absolute atomic E-state index is 0.0520. The highest BCUT2D eigenvalue weighted by molar-refractivity contribution is 7.87. The second-order valence-corrected chi connectivity index (χ2v) is 21.2. The number of aliphatic hydroxyl groups is 2. The van der Waals surface area contributed by atoms with Crippen LogP contribution in [0.5, 0.6) is 11.5 Å². The van der Waals surface area contributed by atoms with Crippen molar-refractivity contribution in [3.05, 3.63) is 215 Å². The molecule has 420 valence electrons. The Bertz CT molecular complexity index is 3230. The lowest BCUT2D eigenvalue weighted by atomic mass is 9.93. The molecule has 0 radical (unpaired) electrons. The molecular weight excluding hydrogens is 1060 g/mol. The number of alkyl halides is 3. The molecule has 0 aliphatic carbocycles. The number of fused-ring (bicyclic) bond motifs is 3. The molecule has 11 rings (SSSR count). The van der Waals surface area contributed by atoms with Crippen LogP contribution in [0, 0.1) is 0 Å². The number of halogens is 3. The molecule has 2 N–H and O–H groups in total. The van der Waals surface area contributed by atoms with Crippen LogP contribution in [0.4, 0.5) is 13.2 Å². The van der Waals surface area contributed by atoms with Gasteiger partial charge in [0.05, 0.1) is 40.1 Å². The van der Waals surface area contributed by atoms with Crippen molar-refractivity contribution in [2.75, 3.05) is 20.3 Å². The minimum Gasteiger partial charge on any atom is -0.497 e. The summed E-state index contributed by atoms with van der Waals surface area (Å²) in [7, 11) is -4.96. The molecule has 3 fully saturated rings. The predicted octanol–water partition coefficient (Wildman–Crippen LogP) is 9.17. The number of rotatable bonds is 19. The molecule has 4 heterocycles. The van der Waals surface area contributed by atoms with E-state index >= 15 is 0 Å². The molecule has 0 aromatic heterocycles. The Labute approximate surface area is 460 Å². The normalized spacial score (nSPS) is 28.0. The maximum absolute atomic E-state index is 14.8. The first kappa shape index (κ1) is 55.6. The number of hydrogen-bond donors (Lipinski definition) is 2. The highest BCUT2D eigenvalue weighted by Gasteiger charge is 2.61. The average molecular weight is 1120 g/mol. The number of methoxy groups -OCH3 is 1. The predicted molar refractivity (Wildman–Crippen MR) is 281 cm³/mol. The Morgan fingerprint density at radius 2 is 1.19 bits per heavy atom. The Morgan fingerprint density at radius 1 is 0.600 bits per heavy atom. The third kappa shape index (κ3) is 12.1. The van der Waals surface area contributed by atoms with Crippen LogP contribution in [0.3, 0.4) is 0 Å². The summed E-state index contributed by atoms with van der Waals surface area (Å²) >= 11 is 0. The Kier molecular flexibility index (Phi) is 16.9. The lowest BCUT2D eigenvalue weighted by Crippen LogP contribution is -2.69. The fourth-order valence-corrected chi connectivity index (χ4v) is 11.2. The van der Waals surface area contributed by atoms with Crippen molar-refractivity contribution in [2.45, 2.75) is 105 Å². The summed E-state index contributed by atoms with van der Waals surface area (Å²) < 4.78 is 142. The fraction of sp³-hybridized carbons (Fsp3) is 0.333. The van der Waals surface area contributed by atoms with E-state index in [4.69, 9.17) is 51.6 Å². The third-order valence-corrected chi connectivity index (χ3v) is 15.5. The minimum atomic E-state index is -6.47. The van der Waals surface area contributed by atoms with Crippen molar-refractivity contribution in [3.63, 3.8) is 0 Å². The molecule has 7 aromatic carbocycles. The van der Waals surface area contributed by atoms with E-state index in [2.05, 4.69) is 0 Å². The zero-order valence-electron chi connectivity index (χ0n) is 43.1. The van der Waals surface area contributed by atoms with E-state index < -0.39 is 95.7 Å². The van der Waals surface area contributed by atoms with Gasteiger partial charge in [0, 0.05) is 16.7 Å². The molecule has 20 heteroatoms. The zero-order valence-corrected chi connectivity index (χ0v) is 43.9. The van der Waals surface area contributed by atoms with Crippen LogP contribution < -0.4 is 9.47 Å². The quantitative estimate of drug-likeness (QED) is 0.0578. The monoisotopic (exact) mass is 1120 g/mol. The molecule has 0 bridgehead atoms. The van der Waals surface area contributed by atoms with Gasteiger partial charge in [-0.2, -0.15) is 21.6 Å². The maximum atomic E-state index is 14.8. The molecular formula is C60H58F3NO15S. The number of benzene rings is 7. The van der Waals surface area contributed by atoms with Gasteiger partial charge in [0.25, 0.3) is 0 Å². The average Bonchev–Trinajstić information content (AvgIpc) is 3.72. The number of nitrogens with zero attached hydrogens (tertiary/aromatic N) is 1. The van der Waals surface area contributed by atoms with E-state index in [1.54, 1.807) is 97.1 Å².